The second-order valence-corrected chi connectivity index (χ2v) is 7.68. The van der Waals surface area contributed by atoms with Crippen LogP contribution in [0, 0.1) is 10.1 Å². The van der Waals surface area contributed by atoms with Crippen LogP contribution in [0.5, 0.6) is 0 Å². The molecule has 1 amide bonds. The molecular weight excluding hydrogens is 394 g/mol. The van der Waals surface area contributed by atoms with Gasteiger partial charge in [0.25, 0.3) is 5.69 Å². The minimum atomic E-state index is -0.374. The van der Waals surface area contributed by atoms with E-state index in [9.17, 15) is 14.9 Å². The Morgan fingerprint density at radius 3 is 2.55 bits per heavy atom. The van der Waals surface area contributed by atoms with Crippen molar-refractivity contribution >= 4 is 28.1 Å². The Balaban J connectivity index is 1.40. The van der Waals surface area contributed by atoms with Gasteiger partial charge in [0.15, 0.2) is 0 Å². The van der Waals surface area contributed by atoms with Crippen molar-refractivity contribution in [1.29, 1.82) is 0 Å². The van der Waals surface area contributed by atoms with Crippen LogP contribution < -0.4 is 10.2 Å². The van der Waals surface area contributed by atoms with Crippen LogP contribution in [0.3, 0.4) is 0 Å². The zero-order valence-electron chi connectivity index (χ0n) is 17.4. The SMILES string of the molecule is C[C@H](C(=O)NCc1ccccc1)N1CCN(c2ccc([N+](=O)[O-])c3cnccc23)CC1. The molecule has 0 unspecified atom stereocenters. The van der Waals surface area contributed by atoms with Gasteiger partial charge in [-0.15, -0.1) is 0 Å². The number of amides is 1. The van der Waals surface area contributed by atoms with Crippen molar-refractivity contribution in [2.75, 3.05) is 31.1 Å². The first-order valence-electron chi connectivity index (χ1n) is 10.4. The van der Waals surface area contributed by atoms with Gasteiger partial charge in [-0.2, -0.15) is 0 Å². The molecule has 0 aliphatic carbocycles. The average Bonchev–Trinajstić information content (AvgIpc) is 2.82. The van der Waals surface area contributed by atoms with Crippen LogP contribution in [0.4, 0.5) is 11.4 Å². The van der Waals surface area contributed by atoms with Crippen LogP contribution in [-0.4, -0.2) is 52.9 Å². The molecule has 1 aromatic heterocycles. The summed E-state index contributed by atoms with van der Waals surface area (Å²) in [6.07, 6.45) is 3.21. The number of carbonyl (C=O) groups excluding carboxylic acids is 1. The summed E-state index contributed by atoms with van der Waals surface area (Å²) in [4.78, 5) is 32.0. The van der Waals surface area contributed by atoms with E-state index in [1.165, 1.54) is 0 Å². The first-order chi connectivity index (χ1) is 15.0. The lowest BCUT2D eigenvalue weighted by Crippen LogP contribution is -2.53. The van der Waals surface area contributed by atoms with Crippen LogP contribution in [0.25, 0.3) is 10.8 Å². The van der Waals surface area contributed by atoms with Gasteiger partial charge in [-0.05, 0) is 24.6 Å². The van der Waals surface area contributed by atoms with Crippen molar-refractivity contribution in [2.45, 2.75) is 19.5 Å². The summed E-state index contributed by atoms with van der Waals surface area (Å²) in [6, 6.07) is 14.8. The Bertz CT molecular complexity index is 1080. The number of nitro groups is 1. The number of nitrogens with one attached hydrogen (secondary N) is 1. The van der Waals surface area contributed by atoms with E-state index in [-0.39, 0.29) is 22.6 Å². The number of pyridine rings is 1. The number of aromatic nitrogens is 1. The first kappa shape index (κ1) is 20.7. The largest absolute Gasteiger partial charge is 0.368 e. The lowest BCUT2D eigenvalue weighted by molar-refractivity contribution is -0.383. The molecule has 3 aromatic rings. The predicted molar refractivity (Wildman–Crippen MR) is 120 cm³/mol. The van der Waals surface area contributed by atoms with Gasteiger partial charge in [-0.3, -0.25) is 24.8 Å². The molecular formula is C23H25N5O3. The second-order valence-electron chi connectivity index (χ2n) is 7.68. The van der Waals surface area contributed by atoms with Gasteiger partial charge in [0.05, 0.1) is 16.4 Å². The molecule has 160 valence electrons. The van der Waals surface area contributed by atoms with Gasteiger partial charge in [0.1, 0.15) is 0 Å². The van der Waals surface area contributed by atoms with E-state index in [2.05, 4.69) is 20.1 Å². The zero-order valence-corrected chi connectivity index (χ0v) is 17.4. The van der Waals surface area contributed by atoms with Gasteiger partial charge >= 0.3 is 0 Å². The number of nitrogens with zero attached hydrogens (tertiary/aromatic N) is 4. The summed E-state index contributed by atoms with van der Waals surface area (Å²) in [6.45, 7) is 5.42. The van der Waals surface area contributed by atoms with Crippen LogP contribution in [0.15, 0.2) is 60.9 Å². The number of fused-ring (bicyclic) bond motifs is 1. The second kappa shape index (κ2) is 9.09. The smallest absolute Gasteiger partial charge is 0.278 e. The monoisotopic (exact) mass is 419 g/mol. The fourth-order valence-corrected chi connectivity index (χ4v) is 4.04. The van der Waals surface area contributed by atoms with E-state index >= 15 is 0 Å². The molecule has 1 N–H and O–H groups in total. The molecule has 8 nitrogen and oxygen atoms in total. The summed E-state index contributed by atoms with van der Waals surface area (Å²) < 4.78 is 0. The number of hydrogen-bond donors (Lipinski definition) is 1. The van der Waals surface area contributed by atoms with Gasteiger partial charge in [0, 0.05) is 62.3 Å². The van der Waals surface area contributed by atoms with E-state index in [0.29, 0.717) is 11.9 Å². The van der Waals surface area contributed by atoms with E-state index < -0.39 is 0 Å². The van der Waals surface area contributed by atoms with Crippen molar-refractivity contribution in [3.8, 4) is 0 Å². The van der Waals surface area contributed by atoms with Crippen molar-refractivity contribution < 1.29 is 9.72 Å². The highest BCUT2D eigenvalue weighted by molar-refractivity contribution is 5.99. The fourth-order valence-electron chi connectivity index (χ4n) is 4.04. The Hall–Kier alpha value is -3.52. The van der Waals surface area contributed by atoms with Gasteiger partial charge in [-0.1, -0.05) is 30.3 Å². The van der Waals surface area contributed by atoms with Gasteiger partial charge < -0.3 is 10.2 Å². The fraction of sp³-hybridized carbons (Fsp3) is 0.304. The molecule has 1 aliphatic rings. The van der Waals surface area contributed by atoms with Crippen molar-refractivity contribution in [2.24, 2.45) is 0 Å². The van der Waals surface area contributed by atoms with E-state index in [1.807, 2.05) is 49.4 Å². The summed E-state index contributed by atoms with van der Waals surface area (Å²) in [5, 5.41) is 15.7. The third-order valence-electron chi connectivity index (χ3n) is 5.86. The van der Waals surface area contributed by atoms with Crippen LogP contribution in [0.2, 0.25) is 0 Å². The molecule has 0 saturated carbocycles. The minimum absolute atomic E-state index is 0.0177. The summed E-state index contributed by atoms with van der Waals surface area (Å²) in [5.74, 6) is 0.0177. The first-order valence-corrected chi connectivity index (χ1v) is 10.4. The predicted octanol–water partition coefficient (Wildman–Crippen LogP) is 2.97. The molecule has 31 heavy (non-hydrogen) atoms. The molecule has 0 bridgehead atoms. The highest BCUT2D eigenvalue weighted by atomic mass is 16.6. The van der Waals surface area contributed by atoms with Crippen molar-refractivity contribution in [1.82, 2.24) is 15.2 Å². The molecule has 0 radical (unpaired) electrons. The van der Waals surface area contributed by atoms with Crippen LogP contribution >= 0.6 is 0 Å². The molecule has 4 rings (SSSR count). The summed E-state index contributed by atoms with van der Waals surface area (Å²) >= 11 is 0. The van der Waals surface area contributed by atoms with Crippen LogP contribution in [-0.2, 0) is 11.3 Å². The summed E-state index contributed by atoms with van der Waals surface area (Å²) in [5.41, 5.74) is 2.10. The molecule has 1 fully saturated rings. The maximum Gasteiger partial charge on any atom is 0.278 e. The van der Waals surface area contributed by atoms with Gasteiger partial charge in [0.2, 0.25) is 5.91 Å². The topological polar surface area (TPSA) is 91.6 Å². The van der Waals surface area contributed by atoms with E-state index in [0.717, 1.165) is 42.8 Å². The van der Waals surface area contributed by atoms with Crippen LogP contribution in [0.1, 0.15) is 12.5 Å². The Labute approximate surface area is 180 Å². The lowest BCUT2D eigenvalue weighted by atomic mass is 10.1. The Kier molecular flexibility index (Phi) is 6.08. The summed E-state index contributed by atoms with van der Waals surface area (Å²) in [7, 11) is 0. The number of anilines is 1. The molecule has 0 spiro atoms. The maximum absolute atomic E-state index is 12.6. The molecule has 8 heteroatoms. The number of hydrogen-bond acceptors (Lipinski definition) is 6. The molecule has 2 heterocycles. The lowest BCUT2D eigenvalue weighted by Gasteiger charge is -2.38. The number of rotatable bonds is 6. The van der Waals surface area contributed by atoms with E-state index in [1.54, 1.807) is 18.5 Å². The minimum Gasteiger partial charge on any atom is -0.368 e. The zero-order chi connectivity index (χ0) is 21.8. The third-order valence-corrected chi connectivity index (χ3v) is 5.86. The molecule has 1 saturated heterocycles. The quantitative estimate of drug-likeness (QED) is 0.488. The third kappa shape index (κ3) is 4.49. The number of nitro benzene ring substituents is 1. The molecule has 1 aliphatic heterocycles. The number of carbonyl (C=O) groups is 1. The molecule has 2 aromatic carbocycles. The van der Waals surface area contributed by atoms with Crippen molar-refractivity contribution in [3.05, 3.63) is 76.6 Å². The Morgan fingerprint density at radius 2 is 1.84 bits per heavy atom. The van der Waals surface area contributed by atoms with E-state index in [4.69, 9.17) is 0 Å². The Morgan fingerprint density at radius 1 is 1.10 bits per heavy atom. The van der Waals surface area contributed by atoms with Gasteiger partial charge in [-0.25, -0.2) is 0 Å². The maximum atomic E-state index is 12.6. The highest BCUT2D eigenvalue weighted by Gasteiger charge is 2.27. The average molecular weight is 419 g/mol. The normalized spacial score (nSPS) is 15.6. The number of non-ortho nitro benzene ring substituents is 1. The number of benzene rings is 2. The standard InChI is InChI=1S/C23H25N5O3/c1-17(23(29)25-15-18-5-3-2-4-6-18)26-11-13-27(14-12-26)21-7-8-22(28(30)31)20-16-24-10-9-19(20)21/h2-10,16-17H,11-15H2,1H3,(H,25,29)/t17-/m1/s1. The highest BCUT2D eigenvalue weighted by Crippen LogP contribution is 2.33. The molecule has 1 atom stereocenters. The van der Waals surface area contributed by atoms with Crippen molar-refractivity contribution in [3.63, 3.8) is 0 Å². The number of piperazine rings is 1.